The monoisotopic (exact) mass is 519 g/mol. The van der Waals surface area contributed by atoms with Crippen molar-refractivity contribution in [1.29, 1.82) is 0 Å². The molecule has 13 nitrogen and oxygen atoms in total. The number of aliphatic carboxylic acids is 2. The number of rotatable bonds is 12. The number of hydrazone groups is 2. The van der Waals surface area contributed by atoms with Gasteiger partial charge in [-0.15, -0.1) is 0 Å². The van der Waals surface area contributed by atoms with E-state index in [0.29, 0.717) is 22.6 Å². The van der Waals surface area contributed by atoms with Crippen LogP contribution in [-0.2, 0) is 9.59 Å². The Morgan fingerprint density at radius 1 is 0.684 bits per heavy atom. The lowest BCUT2D eigenvalue weighted by Gasteiger charge is -2.04. The summed E-state index contributed by atoms with van der Waals surface area (Å²) in [6.07, 6.45) is 2.74. The topological polar surface area (TPSA) is 189 Å². The molecule has 0 spiro atoms. The third kappa shape index (κ3) is 8.88. The lowest BCUT2D eigenvalue weighted by molar-refractivity contribution is -0.140. The number of hydrogen-bond acceptors (Lipinski definition) is 9. The number of benzene rings is 2. The summed E-state index contributed by atoms with van der Waals surface area (Å²) in [6, 6.07) is 17.0. The zero-order chi connectivity index (χ0) is 27.3. The molecule has 2 aromatic carbocycles. The van der Waals surface area contributed by atoms with Gasteiger partial charge in [0.1, 0.15) is 22.9 Å². The Bertz CT molecular complexity index is 1250. The Kier molecular flexibility index (Phi) is 9.58. The standard InChI is InChI=1S/C25H21N5O8/c31-22(32)14-37-18-8-4-16(5-9-18)12-26-29-24(35)20-2-1-3-21(28-20)25(36)30-27-13-17-6-10-19(11-7-17)38-15-23(33)34/h1-13H,14-15H2,(H,29,35)(H,30,36)(H,31,32)(H,33,34)/b26-12+,27-13+. The summed E-state index contributed by atoms with van der Waals surface area (Å²) < 4.78 is 10.1. The molecule has 0 unspecified atom stereocenters. The van der Waals surface area contributed by atoms with Crippen molar-refractivity contribution in [2.45, 2.75) is 0 Å². The minimum atomic E-state index is -1.09. The van der Waals surface area contributed by atoms with E-state index in [4.69, 9.17) is 19.7 Å². The van der Waals surface area contributed by atoms with Gasteiger partial charge in [0.25, 0.3) is 11.8 Å². The van der Waals surface area contributed by atoms with Crippen LogP contribution in [0.2, 0.25) is 0 Å². The molecule has 0 aliphatic carbocycles. The SMILES string of the molecule is O=C(O)COc1ccc(/C=N/NC(=O)c2cccc(C(=O)N/N=C/c3ccc(OCC(=O)O)cc3)n2)cc1. The van der Waals surface area contributed by atoms with Gasteiger partial charge in [0.2, 0.25) is 0 Å². The van der Waals surface area contributed by atoms with Crippen molar-refractivity contribution in [3.05, 3.63) is 89.2 Å². The molecule has 13 heteroatoms. The van der Waals surface area contributed by atoms with Gasteiger partial charge in [0, 0.05) is 0 Å². The molecule has 38 heavy (non-hydrogen) atoms. The Labute approximate surface area is 215 Å². The van der Waals surface area contributed by atoms with Gasteiger partial charge in [-0.25, -0.2) is 25.4 Å². The molecule has 0 radical (unpaired) electrons. The van der Waals surface area contributed by atoms with Crippen LogP contribution in [0.1, 0.15) is 32.1 Å². The molecule has 0 aliphatic heterocycles. The molecule has 1 aromatic heterocycles. The minimum Gasteiger partial charge on any atom is -0.482 e. The Morgan fingerprint density at radius 2 is 1.08 bits per heavy atom. The normalized spacial score (nSPS) is 10.7. The Hall–Kier alpha value is -5.59. The van der Waals surface area contributed by atoms with E-state index in [0.717, 1.165) is 0 Å². The lowest BCUT2D eigenvalue weighted by atomic mass is 10.2. The van der Waals surface area contributed by atoms with Gasteiger partial charge < -0.3 is 19.7 Å². The number of hydrogen-bond donors (Lipinski definition) is 4. The van der Waals surface area contributed by atoms with Crippen LogP contribution in [0.25, 0.3) is 0 Å². The summed E-state index contributed by atoms with van der Waals surface area (Å²) in [5.74, 6) is -2.72. The van der Waals surface area contributed by atoms with Crippen LogP contribution in [0.15, 0.2) is 76.9 Å². The van der Waals surface area contributed by atoms with Crippen LogP contribution >= 0.6 is 0 Å². The second-order valence-electron chi connectivity index (χ2n) is 7.31. The molecule has 0 bridgehead atoms. The van der Waals surface area contributed by atoms with Crippen molar-refractivity contribution in [1.82, 2.24) is 15.8 Å². The van der Waals surface area contributed by atoms with E-state index in [9.17, 15) is 19.2 Å². The highest BCUT2D eigenvalue weighted by molar-refractivity contribution is 5.97. The van der Waals surface area contributed by atoms with Gasteiger partial charge in [0.15, 0.2) is 13.2 Å². The maximum absolute atomic E-state index is 12.4. The van der Waals surface area contributed by atoms with Crippen LogP contribution in [0.4, 0.5) is 0 Å². The molecule has 3 aromatic rings. The molecule has 2 amide bonds. The van der Waals surface area contributed by atoms with E-state index in [-0.39, 0.29) is 11.4 Å². The first-order valence-corrected chi connectivity index (χ1v) is 10.8. The largest absolute Gasteiger partial charge is 0.482 e. The highest BCUT2D eigenvalue weighted by Gasteiger charge is 2.11. The fraction of sp³-hybridized carbons (Fsp3) is 0.0800. The predicted molar refractivity (Wildman–Crippen MR) is 134 cm³/mol. The van der Waals surface area contributed by atoms with Gasteiger partial charge in [-0.2, -0.15) is 10.2 Å². The average Bonchev–Trinajstić information content (AvgIpc) is 2.92. The number of pyridine rings is 1. The number of aromatic nitrogens is 1. The first kappa shape index (κ1) is 27.0. The Morgan fingerprint density at radius 3 is 1.45 bits per heavy atom. The number of carboxylic acids is 2. The molecule has 3 rings (SSSR count). The smallest absolute Gasteiger partial charge is 0.341 e. The van der Waals surface area contributed by atoms with Gasteiger partial charge >= 0.3 is 11.9 Å². The maximum Gasteiger partial charge on any atom is 0.341 e. The minimum absolute atomic E-state index is 0.0480. The average molecular weight is 519 g/mol. The summed E-state index contributed by atoms with van der Waals surface area (Å²) in [5.41, 5.74) is 5.76. The van der Waals surface area contributed by atoms with Gasteiger partial charge in [-0.3, -0.25) is 9.59 Å². The number of nitrogens with one attached hydrogen (secondary N) is 2. The van der Waals surface area contributed by atoms with E-state index in [1.807, 2.05) is 0 Å². The third-order valence-corrected chi connectivity index (χ3v) is 4.46. The quantitative estimate of drug-likeness (QED) is 0.203. The fourth-order valence-corrected chi connectivity index (χ4v) is 2.72. The summed E-state index contributed by atoms with van der Waals surface area (Å²) in [7, 11) is 0. The van der Waals surface area contributed by atoms with Crippen molar-refractivity contribution in [3.8, 4) is 11.5 Å². The van der Waals surface area contributed by atoms with Crippen LogP contribution in [0.5, 0.6) is 11.5 Å². The summed E-state index contributed by atoms with van der Waals surface area (Å²) in [4.78, 5) is 49.8. The summed E-state index contributed by atoms with van der Waals surface area (Å²) >= 11 is 0. The van der Waals surface area contributed by atoms with Crippen LogP contribution in [0.3, 0.4) is 0 Å². The number of carboxylic acid groups (broad SMARTS) is 2. The van der Waals surface area contributed by atoms with E-state index >= 15 is 0 Å². The molecule has 194 valence electrons. The zero-order valence-corrected chi connectivity index (χ0v) is 19.6. The number of nitrogens with zero attached hydrogens (tertiary/aromatic N) is 3. The van der Waals surface area contributed by atoms with Crippen molar-refractivity contribution in [2.75, 3.05) is 13.2 Å². The second-order valence-corrected chi connectivity index (χ2v) is 7.31. The van der Waals surface area contributed by atoms with Crippen LogP contribution in [-0.4, -0.2) is 64.6 Å². The molecule has 0 atom stereocenters. The van der Waals surface area contributed by atoms with E-state index < -0.39 is 37.0 Å². The fourth-order valence-electron chi connectivity index (χ4n) is 2.72. The summed E-state index contributed by atoms with van der Waals surface area (Å²) in [5, 5.41) is 24.9. The summed E-state index contributed by atoms with van der Waals surface area (Å²) in [6.45, 7) is -0.914. The molecule has 0 saturated heterocycles. The second kappa shape index (κ2) is 13.5. The Balaban J connectivity index is 1.51. The van der Waals surface area contributed by atoms with Crippen LogP contribution in [0, 0.1) is 0 Å². The number of amides is 2. The predicted octanol–water partition coefficient (Wildman–Crippen LogP) is 1.54. The molecule has 0 fully saturated rings. The molecule has 0 aliphatic rings. The third-order valence-electron chi connectivity index (χ3n) is 4.46. The molecular weight excluding hydrogens is 498 g/mol. The highest BCUT2D eigenvalue weighted by atomic mass is 16.5. The van der Waals surface area contributed by atoms with Crippen LogP contribution < -0.4 is 20.3 Å². The van der Waals surface area contributed by atoms with E-state index in [2.05, 4.69) is 26.0 Å². The van der Waals surface area contributed by atoms with Crippen molar-refractivity contribution in [3.63, 3.8) is 0 Å². The van der Waals surface area contributed by atoms with Gasteiger partial charge in [-0.1, -0.05) is 6.07 Å². The molecule has 4 N–H and O–H groups in total. The lowest BCUT2D eigenvalue weighted by Crippen LogP contribution is -2.23. The van der Waals surface area contributed by atoms with E-state index in [1.54, 1.807) is 48.5 Å². The maximum atomic E-state index is 12.4. The number of carbonyl (C=O) groups excluding carboxylic acids is 2. The molecule has 0 saturated carbocycles. The van der Waals surface area contributed by atoms with Crippen molar-refractivity contribution in [2.24, 2.45) is 10.2 Å². The van der Waals surface area contributed by atoms with Crippen molar-refractivity contribution >= 4 is 36.2 Å². The first-order chi connectivity index (χ1) is 18.3. The highest BCUT2D eigenvalue weighted by Crippen LogP contribution is 2.12. The van der Waals surface area contributed by atoms with Gasteiger partial charge in [-0.05, 0) is 71.8 Å². The van der Waals surface area contributed by atoms with E-state index in [1.165, 1.54) is 30.6 Å². The first-order valence-electron chi connectivity index (χ1n) is 10.8. The molecule has 1 heterocycles. The zero-order valence-electron chi connectivity index (χ0n) is 19.6. The van der Waals surface area contributed by atoms with Gasteiger partial charge in [0.05, 0.1) is 12.4 Å². The van der Waals surface area contributed by atoms with Crippen molar-refractivity contribution < 1.29 is 38.9 Å². The number of ether oxygens (including phenoxy) is 2. The number of carbonyl (C=O) groups is 4. The molecular formula is C25H21N5O8.